The standard InChI is InChI=1S/C22H28N4O3S/c1-25-20(6-7-23-25)19-15-17(24-22(27)16-18-3-2-14-30-18)4-5-21(19)29-13-10-26-8-11-28-12-9-26/h2-5,7,14-15,20H,6,8-13,16H2,1H3,(H,24,27). The van der Waals surface area contributed by atoms with E-state index in [1.807, 2.05) is 54.0 Å². The first kappa shape index (κ1) is 20.8. The first-order chi connectivity index (χ1) is 14.7. The van der Waals surface area contributed by atoms with Crippen LogP contribution in [0.2, 0.25) is 0 Å². The predicted molar refractivity (Wildman–Crippen MR) is 119 cm³/mol. The zero-order valence-electron chi connectivity index (χ0n) is 17.3. The quantitative estimate of drug-likeness (QED) is 0.700. The number of thiophene rings is 1. The van der Waals surface area contributed by atoms with Crippen molar-refractivity contribution in [2.24, 2.45) is 5.10 Å². The molecule has 1 amide bonds. The van der Waals surface area contributed by atoms with Crippen molar-refractivity contribution in [2.45, 2.75) is 18.9 Å². The number of nitrogens with one attached hydrogen (secondary N) is 1. The fraction of sp³-hybridized carbons (Fsp3) is 0.455. The summed E-state index contributed by atoms with van der Waals surface area (Å²) in [5, 5.41) is 11.3. The minimum atomic E-state index is -0.0135. The second-order valence-corrected chi connectivity index (χ2v) is 8.51. The Morgan fingerprint density at radius 3 is 2.93 bits per heavy atom. The number of benzene rings is 1. The first-order valence-electron chi connectivity index (χ1n) is 10.3. The molecule has 7 nitrogen and oxygen atoms in total. The van der Waals surface area contributed by atoms with Crippen molar-refractivity contribution in [1.82, 2.24) is 9.91 Å². The van der Waals surface area contributed by atoms with Crippen molar-refractivity contribution in [3.8, 4) is 5.75 Å². The Kier molecular flexibility index (Phi) is 6.99. The molecule has 2 aromatic rings. The number of ether oxygens (including phenoxy) is 2. The van der Waals surface area contributed by atoms with E-state index < -0.39 is 0 Å². The lowest BCUT2D eigenvalue weighted by molar-refractivity contribution is -0.115. The maximum absolute atomic E-state index is 12.4. The molecule has 30 heavy (non-hydrogen) atoms. The van der Waals surface area contributed by atoms with E-state index in [2.05, 4.69) is 15.3 Å². The second kappa shape index (κ2) is 10.1. The second-order valence-electron chi connectivity index (χ2n) is 7.48. The molecule has 8 heteroatoms. The van der Waals surface area contributed by atoms with Crippen LogP contribution >= 0.6 is 11.3 Å². The largest absolute Gasteiger partial charge is 0.492 e. The molecule has 3 heterocycles. The molecule has 2 aliphatic rings. The van der Waals surface area contributed by atoms with Crippen molar-refractivity contribution in [1.29, 1.82) is 0 Å². The highest BCUT2D eigenvalue weighted by molar-refractivity contribution is 7.10. The normalized spacial score (nSPS) is 19.2. The fourth-order valence-corrected chi connectivity index (χ4v) is 4.44. The van der Waals surface area contributed by atoms with Gasteiger partial charge < -0.3 is 14.8 Å². The molecule has 1 aromatic carbocycles. The van der Waals surface area contributed by atoms with Gasteiger partial charge in [-0.25, -0.2) is 0 Å². The number of carbonyl (C=O) groups excluding carboxylic acids is 1. The number of carbonyl (C=O) groups is 1. The van der Waals surface area contributed by atoms with E-state index in [1.165, 1.54) is 0 Å². The Morgan fingerprint density at radius 1 is 1.33 bits per heavy atom. The first-order valence-corrected chi connectivity index (χ1v) is 11.2. The summed E-state index contributed by atoms with van der Waals surface area (Å²) in [7, 11) is 1.97. The number of hydrogen-bond donors (Lipinski definition) is 1. The summed E-state index contributed by atoms with van der Waals surface area (Å²) < 4.78 is 11.6. The number of amides is 1. The lowest BCUT2D eigenvalue weighted by Crippen LogP contribution is -2.38. The van der Waals surface area contributed by atoms with Crippen LogP contribution in [-0.4, -0.2) is 68.5 Å². The molecular weight excluding hydrogens is 400 g/mol. The zero-order valence-corrected chi connectivity index (χ0v) is 18.1. The Balaban J connectivity index is 1.43. The van der Waals surface area contributed by atoms with Crippen LogP contribution in [0.4, 0.5) is 5.69 Å². The lowest BCUT2D eigenvalue weighted by Gasteiger charge is -2.27. The molecule has 160 valence electrons. The van der Waals surface area contributed by atoms with Crippen LogP contribution in [0.25, 0.3) is 0 Å². The van der Waals surface area contributed by atoms with E-state index in [1.54, 1.807) is 11.3 Å². The van der Waals surface area contributed by atoms with Crippen LogP contribution in [0.15, 0.2) is 40.8 Å². The van der Waals surface area contributed by atoms with Gasteiger partial charge in [-0.1, -0.05) is 6.07 Å². The van der Waals surface area contributed by atoms with Gasteiger partial charge in [0.1, 0.15) is 12.4 Å². The highest BCUT2D eigenvalue weighted by Crippen LogP contribution is 2.35. The van der Waals surface area contributed by atoms with E-state index >= 15 is 0 Å². The number of anilines is 1. The van der Waals surface area contributed by atoms with Crippen LogP contribution in [-0.2, 0) is 16.0 Å². The predicted octanol–water partition coefficient (Wildman–Crippen LogP) is 3.00. The molecule has 1 unspecified atom stereocenters. The van der Waals surface area contributed by atoms with E-state index in [4.69, 9.17) is 9.47 Å². The van der Waals surface area contributed by atoms with Gasteiger partial charge in [0, 0.05) is 55.4 Å². The lowest BCUT2D eigenvalue weighted by atomic mass is 10.0. The summed E-state index contributed by atoms with van der Waals surface area (Å²) in [4.78, 5) is 15.8. The average molecular weight is 429 g/mol. The molecule has 0 aliphatic carbocycles. The topological polar surface area (TPSA) is 66.4 Å². The number of nitrogens with zero attached hydrogens (tertiary/aromatic N) is 3. The molecule has 0 saturated carbocycles. The van der Waals surface area contributed by atoms with Crippen molar-refractivity contribution in [3.63, 3.8) is 0 Å². The Bertz CT molecular complexity index is 865. The van der Waals surface area contributed by atoms with Crippen LogP contribution in [0.3, 0.4) is 0 Å². The molecule has 0 bridgehead atoms. The average Bonchev–Trinajstić information content (AvgIpc) is 3.41. The minimum absolute atomic E-state index is 0.0135. The van der Waals surface area contributed by atoms with Crippen LogP contribution in [0, 0.1) is 0 Å². The third kappa shape index (κ3) is 5.38. The number of morpholine rings is 1. The summed E-state index contributed by atoms with van der Waals surface area (Å²) in [6.07, 6.45) is 3.13. The third-order valence-electron chi connectivity index (χ3n) is 5.38. The maximum atomic E-state index is 12.4. The van der Waals surface area contributed by atoms with E-state index in [-0.39, 0.29) is 11.9 Å². The van der Waals surface area contributed by atoms with Crippen molar-refractivity contribution in [3.05, 3.63) is 46.2 Å². The van der Waals surface area contributed by atoms with Gasteiger partial charge in [-0.15, -0.1) is 11.3 Å². The van der Waals surface area contributed by atoms with Gasteiger partial charge in [-0.05, 0) is 29.6 Å². The van der Waals surface area contributed by atoms with Gasteiger partial charge >= 0.3 is 0 Å². The van der Waals surface area contributed by atoms with Crippen LogP contribution in [0.5, 0.6) is 5.75 Å². The molecule has 4 rings (SSSR count). The third-order valence-corrected chi connectivity index (χ3v) is 6.26. The van der Waals surface area contributed by atoms with E-state index in [0.29, 0.717) is 13.0 Å². The fourth-order valence-electron chi connectivity index (χ4n) is 3.74. The van der Waals surface area contributed by atoms with Crippen molar-refractivity contribution in [2.75, 3.05) is 51.8 Å². The zero-order chi connectivity index (χ0) is 20.8. The van der Waals surface area contributed by atoms with Gasteiger partial charge in [0.15, 0.2) is 0 Å². The molecule has 0 spiro atoms. The van der Waals surface area contributed by atoms with Gasteiger partial charge in [-0.2, -0.15) is 5.10 Å². The van der Waals surface area contributed by atoms with Gasteiger partial charge in [-0.3, -0.25) is 14.7 Å². The highest BCUT2D eigenvalue weighted by Gasteiger charge is 2.24. The molecule has 1 N–H and O–H groups in total. The van der Waals surface area contributed by atoms with Crippen LogP contribution < -0.4 is 10.1 Å². The molecule has 1 saturated heterocycles. The van der Waals surface area contributed by atoms with E-state index in [9.17, 15) is 4.79 Å². The van der Waals surface area contributed by atoms with Crippen molar-refractivity contribution >= 4 is 29.1 Å². The van der Waals surface area contributed by atoms with Gasteiger partial charge in [0.2, 0.25) is 5.91 Å². The number of rotatable bonds is 8. The smallest absolute Gasteiger partial charge is 0.229 e. The molecule has 0 radical (unpaired) electrons. The molecule has 1 aromatic heterocycles. The maximum Gasteiger partial charge on any atom is 0.229 e. The molecule has 1 atom stereocenters. The van der Waals surface area contributed by atoms with Crippen LogP contribution in [0.1, 0.15) is 22.9 Å². The monoisotopic (exact) mass is 428 g/mol. The number of hydrazone groups is 1. The van der Waals surface area contributed by atoms with E-state index in [0.717, 1.165) is 61.1 Å². The summed E-state index contributed by atoms with van der Waals surface area (Å²) in [5.41, 5.74) is 1.83. The highest BCUT2D eigenvalue weighted by atomic mass is 32.1. The van der Waals surface area contributed by atoms with Gasteiger partial charge in [0.25, 0.3) is 0 Å². The summed E-state index contributed by atoms with van der Waals surface area (Å²) >= 11 is 1.59. The van der Waals surface area contributed by atoms with Crippen molar-refractivity contribution < 1.29 is 14.3 Å². The Hall–Kier alpha value is -2.42. The minimum Gasteiger partial charge on any atom is -0.492 e. The summed E-state index contributed by atoms with van der Waals surface area (Å²) in [6.45, 7) is 4.97. The Morgan fingerprint density at radius 2 is 2.20 bits per heavy atom. The Labute approximate surface area is 181 Å². The molecule has 1 fully saturated rings. The van der Waals surface area contributed by atoms with Gasteiger partial charge in [0.05, 0.1) is 25.7 Å². The number of hydrogen-bond acceptors (Lipinski definition) is 7. The SMILES string of the molecule is CN1N=CCC1c1cc(NC(=O)Cc2cccs2)ccc1OCCN1CCOCC1. The summed E-state index contributed by atoms with van der Waals surface area (Å²) in [5.74, 6) is 0.835. The molecular formula is C22H28N4O3S. The molecule has 2 aliphatic heterocycles. The summed E-state index contributed by atoms with van der Waals surface area (Å²) in [6, 6.07) is 9.94.